The average Bonchev–Trinajstić information content (AvgIpc) is 2.82. The van der Waals surface area contributed by atoms with Crippen molar-refractivity contribution in [2.75, 3.05) is 12.0 Å². The van der Waals surface area contributed by atoms with E-state index in [1.807, 2.05) is 24.3 Å². The zero-order valence-electron chi connectivity index (χ0n) is 11.6. The van der Waals surface area contributed by atoms with Crippen LogP contribution < -0.4 is 9.64 Å². The van der Waals surface area contributed by atoms with Gasteiger partial charge >= 0.3 is 0 Å². The van der Waals surface area contributed by atoms with Gasteiger partial charge in [-0.1, -0.05) is 18.2 Å². The van der Waals surface area contributed by atoms with Gasteiger partial charge in [0.15, 0.2) is 0 Å². The molecule has 0 aliphatic carbocycles. The molecule has 1 aliphatic heterocycles. The van der Waals surface area contributed by atoms with E-state index >= 15 is 0 Å². The third kappa shape index (κ3) is 1.90. The highest BCUT2D eigenvalue weighted by Gasteiger charge is 2.28. The van der Waals surface area contributed by atoms with E-state index in [0.717, 1.165) is 17.9 Å². The molecule has 0 fully saturated rings. The molecule has 0 amide bonds. The van der Waals surface area contributed by atoms with Crippen LogP contribution in [0.25, 0.3) is 0 Å². The summed E-state index contributed by atoms with van der Waals surface area (Å²) in [5.41, 5.74) is 4.11. The van der Waals surface area contributed by atoms with Crippen LogP contribution in [-0.4, -0.2) is 13.2 Å². The Labute approximate surface area is 119 Å². The molecule has 20 heavy (non-hydrogen) atoms. The normalized spacial score (nSPS) is 16.6. The van der Waals surface area contributed by atoms with Crippen LogP contribution in [0.15, 0.2) is 42.5 Å². The molecule has 0 N–H and O–H groups in total. The molecule has 3 heteroatoms. The van der Waals surface area contributed by atoms with Gasteiger partial charge in [-0.05, 0) is 37.1 Å². The van der Waals surface area contributed by atoms with Crippen molar-refractivity contribution in [3.8, 4) is 11.8 Å². The van der Waals surface area contributed by atoms with E-state index in [9.17, 15) is 5.26 Å². The minimum Gasteiger partial charge on any atom is -0.497 e. The number of nitriles is 1. The van der Waals surface area contributed by atoms with Crippen LogP contribution in [0.3, 0.4) is 0 Å². The molecule has 3 nitrogen and oxygen atoms in total. The number of fused-ring (bicyclic) bond motifs is 1. The van der Waals surface area contributed by atoms with E-state index in [0.29, 0.717) is 11.6 Å². The molecule has 0 saturated carbocycles. The maximum atomic E-state index is 9.36. The Hall–Kier alpha value is -2.47. The fourth-order valence-electron chi connectivity index (χ4n) is 2.86. The van der Waals surface area contributed by atoms with Crippen LogP contribution >= 0.6 is 0 Å². The van der Waals surface area contributed by atoms with Crippen LogP contribution in [0.5, 0.6) is 5.75 Å². The number of hydrogen-bond donors (Lipinski definition) is 0. The number of nitrogens with zero attached hydrogens (tertiary/aromatic N) is 2. The Morgan fingerprint density at radius 3 is 2.75 bits per heavy atom. The molecule has 3 rings (SSSR count). The zero-order chi connectivity index (χ0) is 14.1. The summed E-state index contributed by atoms with van der Waals surface area (Å²) in [6, 6.07) is 16.6. The number of para-hydroxylation sites is 1. The standard InChI is InChI=1S/C17H16N2O/c1-12-9-13-5-3-4-6-16(13)19(12)17-10-15(20-2)8-7-14(17)11-18/h3-8,10,12H,9H2,1-2H3. The van der Waals surface area contributed by atoms with Crippen molar-refractivity contribution < 1.29 is 4.74 Å². The second-order valence-electron chi connectivity index (χ2n) is 5.05. The first-order valence-corrected chi connectivity index (χ1v) is 6.70. The molecule has 0 spiro atoms. The predicted molar refractivity (Wildman–Crippen MR) is 79.5 cm³/mol. The van der Waals surface area contributed by atoms with Gasteiger partial charge in [-0.15, -0.1) is 0 Å². The number of anilines is 2. The molecule has 100 valence electrons. The topological polar surface area (TPSA) is 36.3 Å². The van der Waals surface area contributed by atoms with Crippen LogP contribution in [-0.2, 0) is 6.42 Å². The lowest BCUT2D eigenvalue weighted by Crippen LogP contribution is -2.24. The largest absolute Gasteiger partial charge is 0.497 e. The Kier molecular flexibility index (Phi) is 3.08. The van der Waals surface area contributed by atoms with Crippen LogP contribution in [0.4, 0.5) is 11.4 Å². The summed E-state index contributed by atoms with van der Waals surface area (Å²) in [6.07, 6.45) is 0.998. The van der Waals surface area contributed by atoms with Crippen molar-refractivity contribution in [1.82, 2.24) is 0 Å². The SMILES string of the molecule is COc1ccc(C#N)c(N2c3ccccc3CC2C)c1. The van der Waals surface area contributed by atoms with E-state index in [4.69, 9.17) is 4.74 Å². The second-order valence-corrected chi connectivity index (χ2v) is 5.05. The molecular weight excluding hydrogens is 248 g/mol. The number of methoxy groups -OCH3 is 1. The Morgan fingerprint density at radius 1 is 1.20 bits per heavy atom. The lowest BCUT2D eigenvalue weighted by molar-refractivity contribution is 0.415. The van der Waals surface area contributed by atoms with Crippen molar-refractivity contribution >= 4 is 11.4 Å². The quantitative estimate of drug-likeness (QED) is 0.830. The fraction of sp³-hybridized carbons (Fsp3) is 0.235. The summed E-state index contributed by atoms with van der Waals surface area (Å²) in [5, 5.41) is 9.36. The molecule has 0 bridgehead atoms. The Morgan fingerprint density at radius 2 is 2.00 bits per heavy atom. The highest BCUT2D eigenvalue weighted by Crippen LogP contribution is 2.40. The van der Waals surface area contributed by atoms with Crippen LogP contribution in [0, 0.1) is 11.3 Å². The summed E-state index contributed by atoms with van der Waals surface area (Å²) in [5.74, 6) is 0.774. The third-order valence-electron chi connectivity index (χ3n) is 3.79. The summed E-state index contributed by atoms with van der Waals surface area (Å²) in [4.78, 5) is 2.23. The highest BCUT2D eigenvalue weighted by molar-refractivity contribution is 5.76. The number of hydrogen-bond acceptors (Lipinski definition) is 3. The Balaban J connectivity index is 2.16. The first-order valence-electron chi connectivity index (χ1n) is 6.70. The predicted octanol–water partition coefficient (Wildman–Crippen LogP) is 3.65. The van der Waals surface area contributed by atoms with E-state index in [1.165, 1.54) is 11.3 Å². The summed E-state index contributed by atoms with van der Waals surface area (Å²) < 4.78 is 5.30. The van der Waals surface area contributed by atoms with Gasteiger partial charge in [0.2, 0.25) is 0 Å². The first-order chi connectivity index (χ1) is 9.74. The molecule has 0 radical (unpaired) electrons. The monoisotopic (exact) mass is 264 g/mol. The molecule has 2 aromatic rings. The number of benzene rings is 2. The van der Waals surface area contributed by atoms with E-state index < -0.39 is 0 Å². The maximum absolute atomic E-state index is 9.36. The molecule has 0 aromatic heterocycles. The Bertz CT molecular complexity index is 688. The maximum Gasteiger partial charge on any atom is 0.121 e. The molecular formula is C17H16N2O. The molecule has 1 heterocycles. The van der Waals surface area contributed by atoms with Crippen LogP contribution in [0.2, 0.25) is 0 Å². The average molecular weight is 264 g/mol. The van der Waals surface area contributed by atoms with Crippen molar-refractivity contribution in [1.29, 1.82) is 5.26 Å². The third-order valence-corrected chi connectivity index (χ3v) is 3.79. The van der Waals surface area contributed by atoms with Crippen LogP contribution in [0.1, 0.15) is 18.1 Å². The van der Waals surface area contributed by atoms with Gasteiger partial charge in [-0.25, -0.2) is 0 Å². The minimum atomic E-state index is 0.339. The van der Waals surface area contributed by atoms with Gasteiger partial charge in [-0.3, -0.25) is 0 Å². The summed E-state index contributed by atoms with van der Waals surface area (Å²) >= 11 is 0. The summed E-state index contributed by atoms with van der Waals surface area (Å²) in [6.45, 7) is 2.18. The van der Waals surface area contributed by atoms with Gasteiger partial charge in [0.25, 0.3) is 0 Å². The van der Waals surface area contributed by atoms with Gasteiger partial charge in [0.1, 0.15) is 11.8 Å². The van der Waals surface area contributed by atoms with E-state index in [2.05, 4.69) is 36.1 Å². The second kappa shape index (κ2) is 4.90. The lowest BCUT2D eigenvalue weighted by atomic mass is 10.1. The van der Waals surface area contributed by atoms with Gasteiger partial charge in [0, 0.05) is 17.8 Å². The van der Waals surface area contributed by atoms with Gasteiger partial charge in [-0.2, -0.15) is 5.26 Å². The van der Waals surface area contributed by atoms with Crippen molar-refractivity contribution in [2.24, 2.45) is 0 Å². The van der Waals surface area contributed by atoms with Crippen molar-refractivity contribution in [2.45, 2.75) is 19.4 Å². The summed E-state index contributed by atoms with van der Waals surface area (Å²) in [7, 11) is 1.65. The van der Waals surface area contributed by atoms with E-state index in [-0.39, 0.29) is 0 Å². The van der Waals surface area contributed by atoms with Gasteiger partial charge in [0.05, 0.1) is 18.4 Å². The van der Waals surface area contributed by atoms with Gasteiger partial charge < -0.3 is 9.64 Å². The molecule has 1 aliphatic rings. The first kappa shape index (κ1) is 12.6. The van der Waals surface area contributed by atoms with E-state index in [1.54, 1.807) is 7.11 Å². The zero-order valence-corrected chi connectivity index (χ0v) is 11.6. The van der Waals surface area contributed by atoms with Crippen molar-refractivity contribution in [3.05, 3.63) is 53.6 Å². The fourth-order valence-corrected chi connectivity index (χ4v) is 2.86. The van der Waals surface area contributed by atoms with Crippen molar-refractivity contribution in [3.63, 3.8) is 0 Å². The number of rotatable bonds is 2. The lowest BCUT2D eigenvalue weighted by Gasteiger charge is -2.26. The molecule has 1 unspecified atom stereocenters. The number of ether oxygens (including phenoxy) is 1. The molecule has 2 aromatic carbocycles. The molecule has 0 saturated heterocycles. The smallest absolute Gasteiger partial charge is 0.121 e. The minimum absolute atomic E-state index is 0.339. The molecule has 1 atom stereocenters. The highest BCUT2D eigenvalue weighted by atomic mass is 16.5.